The number of aliphatic carboxylic acids is 1. The Bertz CT molecular complexity index is 593. The van der Waals surface area contributed by atoms with Crippen molar-refractivity contribution in [2.24, 2.45) is 7.05 Å². The topological polar surface area (TPSA) is 68.0 Å². The number of carboxylic acid groups (broad SMARTS) is 1. The van der Waals surface area contributed by atoms with Crippen LogP contribution in [-0.2, 0) is 24.7 Å². The lowest BCUT2D eigenvalue weighted by Crippen LogP contribution is -2.00. The predicted octanol–water partition coefficient (Wildman–Crippen LogP) is 2.09. The number of nitrogens with zero attached hydrogens (tertiary/aromatic N) is 3. The van der Waals surface area contributed by atoms with Crippen molar-refractivity contribution in [1.29, 1.82) is 0 Å². The highest BCUT2D eigenvalue weighted by atomic mass is 32.2. The van der Waals surface area contributed by atoms with Crippen molar-refractivity contribution < 1.29 is 9.90 Å². The minimum Gasteiger partial charge on any atom is -0.481 e. The number of aryl methyl sites for hydroxylation is 4. The molecule has 1 heterocycles. The van der Waals surface area contributed by atoms with Crippen molar-refractivity contribution in [3.8, 4) is 0 Å². The van der Waals surface area contributed by atoms with Gasteiger partial charge in [-0.2, -0.15) is 5.10 Å². The largest absolute Gasteiger partial charge is 0.481 e. The summed E-state index contributed by atoms with van der Waals surface area (Å²) in [6.45, 7) is 2.07. The summed E-state index contributed by atoms with van der Waals surface area (Å²) in [6, 6.07) is 8.40. The average molecular weight is 291 g/mol. The third-order valence-corrected chi connectivity index (χ3v) is 3.85. The lowest BCUT2D eigenvalue weighted by atomic mass is 10.1. The van der Waals surface area contributed by atoms with Crippen LogP contribution in [0.1, 0.15) is 17.0 Å². The molecule has 0 unspecified atom stereocenters. The molecule has 0 saturated carbocycles. The fraction of sp³-hybridized carbons (Fsp3) is 0.357. The Kier molecular flexibility index (Phi) is 4.79. The van der Waals surface area contributed by atoms with Gasteiger partial charge in [-0.15, -0.1) is 0 Å². The molecule has 0 bridgehead atoms. The van der Waals surface area contributed by atoms with E-state index < -0.39 is 5.97 Å². The Morgan fingerprint density at radius 1 is 1.30 bits per heavy atom. The van der Waals surface area contributed by atoms with Crippen LogP contribution >= 0.6 is 11.8 Å². The zero-order valence-electron chi connectivity index (χ0n) is 11.5. The molecule has 5 nitrogen and oxygen atoms in total. The number of aromatic nitrogens is 3. The Morgan fingerprint density at radius 3 is 2.65 bits per heavy atom. The average Bonchev–Trinajstić information content (AvgIpc) is 2.76. The summed E-state index contributed by atoms with van der Waals surface area (Å²) >= 11 is 1.19. The van der Waals surface area contributed by atoms with E-state index in [1.165, 1.54) is 22.9 Å². The molecule has 106 valence electrons. The van der Waals surface area contributed by atoms with E-state index in [9.17, 15) is 4.79 Å². The maximum absolute atomic E-state index is 10.6. The predicted molar refractivity (Wildman–Crippen MR) is 77.9 cm³/mol. The third-order valence-electron chi connectivity index (χ3n) is 2.85. The van der Waals surface area contributed by atoms with E-state index in [1.807, 2.05) is 0 Å². The maximum atomic E-state index is 10.6. The van der Waals surface area contributed by atoms with Gasteiger partial charge in [0.05, 0.1) is 5.75 Å². The molecule has 20 heavy (non-hydrogen) atoms. The van der Waals surface area contributed by atoms with Crippen LogP contribution in [0.5, 0.6) is 0 Å². The first-order valence-electron chi connectivity index (χ1n) is 6.34. The quantitative estimate of drug-likeness (QED) is 0.825. The number of rotatable bonds is 6. The Hall–Kier alpha value is -1.82. The molecular weight excluding hydrogens is 274 g/mol. The fourth-order valence-corrected chi connectivity index (χ4v) is 2.44. The normalized spacial score (nSPS) is 10.7. The first-order chi connectivity index (χ1) is 9.54. The SMILES string of the molecule is Cc1ccc(CCc2nc(SCC(=O)O)n(C)n2)cc1. The van der Waals surface area contributed by atoms with Gasteiger partial charge >= 0.3 is 5.97 Å². The number of hydrogen-bond donors (Lipinski definition) is 1. The van der Waals surface area contributed by atoms with E-state index in [0.717, 1.165) is 18.7 Å². The number of carboxylic acids is 1. The minimum atomic E-state index is -0.848. The van der Waals surface area contributed by atoms with Gasteiger partial charge in [0.15, 0.2) is 11.0 Å². The highest BCUT2D eigenvalue weighted by Crippen LogP contribution is 2.15. The molecule has 0 atom stereocenters. The summed E-state index contributed by atoms with van der Waals surface area (Å²) in [5, 5.41) is 13.6. The van der Waals surface area contributed by atoms with Gasteiger partial charge in [0.2, 0.25) is 0 Å². The lowest BCUT2D eigenvalue weighted by molar-refractivity contribution is -0.133. The molecule has 6 heteroatoms. The van der Waals surface area contributed by atoms with Gasteiger partial charge in [0, 0.05) is 13.5 Å². The lowest BCUT2D eigenvalue weighted by Gasteiger charge is -1.99. The summed E-state index contributed by atoms with van der Waals surface area (Å²) in [4.78, 5) is 14.9. The van der Waals surface area contributed by atoms with Crippen molar-refractivity contribution in [3.05, 3.63) is 41.2 Å². The fourth-order valence-electron chi connectivity index (χ4n) is 1.79. The van der Waals surface area contributed by atoms with Crippen LogP contribution in [0.4, 0.5) is 0 Å². The molecule has 1 aromatic heterocycles. The molecule has 1 aromatic carbocycles. The highest BCUT2D eigenvalue weighted by molar-refractivity contribution is 7.99. The van der Waals surface area contributed by atoms with Crippen LogP contribution in [0.15, 0.2) is 29.4 Å². The zero-order chi connectivity index (χ0) is 14.5. The van der Waals surface area contributed by atoms with Crippen molar-refractivity contribution in [3.63, 3.8) is 0 Å². The van der Waals surface area contributed by atoms with Crippen LogP contribution in [0, 0.1) is 6.92 Å². The molecular formula is C14H17N3O2S. The highest BCUT2D eigenvalue weighted by Gasteiger charge is 2.09. The Morgan fingerprint density at radius 2 is 2.00 bits per heavy atom. The summed E-state index contributed by atoms with van der Waals surface area (Å²) in [5.41, 5.74) is 2.50. The second-order valence-electron chi connectivity index (χ2n) is 4.60. The van der Waals surface area contributed by atoms with E-state index in [4.69, 9.17) is 5.11 Å². The van der Waals surface area contributed by atoms with E-state index in [1.54, 1.807) is 11.7 Å². The number of thioether (sulfide) groups is 1. The summed E-state index contributed by atoms with van der Waals surface area (Å²) in [7, 11) is 1.78. The van der Waals surface area contributed by atoms with Gasteiger partial charge in [-0.05, 0) is 18.9 Å². The molecule has 2 aromatic rings. The first-order valence-corrected chi connectivity index (χ1v) is 7.33. The molecule has 0 fully saturated rings. The summed E-state index contributed by atoms with van der Waals surface area (Å²) in [6.07, 6.45) is 1.64. The molecule has 0 amide bonds. The molecule has 0 radical (unpaired) electrons. The van der Waals surface area contributed by atoms with E-state index in [2.05, 4.69) is 41.3 Å². The molecule has 0 aliphatic heterocycles. The molecule has 2 rings (SSSR count). The second kappa shape index (κ2) is 6.56. The minimum absolute atomic E-state index is 0.00390. The van der Waals surface area contributed by atoms with E-state index in [-0.39, 0.29) is 5.75 Å². The Labute approximate surface area is 122 Å². The van der Waals surface area contributed by atoms with Crippen molar-refractivity contribution >= 4 is 17.7 Å². The smallest absolute Gasteiger partial charge is 0.313 e. The van der Waals surface area contributed by atoms with Crippen LogP contribution in [0.3, 0.4) is 0 Å². The maximum Gasteiger partial charge on any atom is 0.313 e. The van der Waals surface area contributed by atoms with Gasteiger partial charge in [-0.25, -0.2) is 9.67 Å². The van der Waals surface area contributed by atoms with Gasteiger partial charge in [0.25, 0.3) is 0 Å². The van der Waals surface area contributed by atoms with Crippen molar-refractivity contribution in [1.82, 2.24) is 14.8 Å². The molecule has 0 aliphatic rings. The van der Waals surface area contributed by atoms with Gasteiger partial charge in [-0.1, -0.05) is 41.6 Å². The molecule has 0 aliphatic carbocycles. The number of carbonyl (C=O) groups is 1. The van der Waals surface area contributed by atoms with Crippen LogP contribution in [-0.4, -0.2) is 31.6 Å². The van der Waals surface area contributed by atoms with Crippen molar-refractivity contribution in [2.75, 3.05) is 5.75 Å². The second-order valence-corrected chi connectivity index (χ2v) is 5.54. The first kappa shape index (κ1) is 14.6. The standard InChI is InChI=1S/C14H17N3O2S/c1-10-3-5-11(6-4-10)7-8-12-15-14(17(2)16-12)20-9-13(18)19/h3-6H,7-9H2,1-2H3,(H,18,19). The molecule has 1 N–H and O–H groups in total. The molecule has 0 saturated heterocycles. The zero-order valence-corrected chi connectivity index (χ0v) is 12.4. The Balaban J connectivity index is 1.94. The third kappa shape index (κ3) is 4.09. The van der Waals surface area contributed by atoms with Crippen LogP contribution in [0.2, 0.25) is 0 Å². The van der Waals surface area contributed by atoms with Gasteiger partial charge < -0.3 is 5.11 Å². The van der Waals surface area contributed by atoms with Crippen LogP contribution < -0.4 is 0 Å². The van der Waals surface area contributed by atoms with E-state index in [0.29, 0.717) is 5.16 Å². The summed E-state index contributed by atoms with van der Waals surface area (Å²) in [5.74, 6) is -0.0932. The van der Waals surface area contributed by atoms with Gasteiger partial charge in [-0.3, -0.25) is 4.79 Å². The van der Waals surface area contributed by atoms with Gasteiger partial charge in [0.1, 0.15) is 0 Å². The number of hydrogen-bond acceptors (Lipinski definition) is 4. The van der Waals surface area contributed by atoms with Crippen molar-refractivity contribution in [2.45, 2.75) is 24.9 Å². The molecule has 0 spiro atoms. The monoisotopic (exact) mass is 291 g/mol. The van der Waals surface area contributed by atoms with Crippen LogP contribution in [0.25, 0.3) is 0 Å². The summed E-state index contributed by atoms with van der Waals surface area (Å²) < 4.78 is 1.64. The number of benzene rings is 1. The van der Waals surface area contributed by atoms with E-state index >= 15 is 0 Å².